The zero-order valence-electron chi connectivity index (χ0n) is 17.1. The highest BCUT2D eigenvalue weighted by Crippen LogP contribution is 2.30. The lowest BCUT2D eigenvalue weighted by Gasteiger charge is -2.45. The minimum absolute atomic E-state index is 0.0395. The number of hydrogen-bond donors (Lipinski definition) is 1. The SMILES string of the molecule is CCCCCCOc1ccc(C(=O)OC2CC(C)(C)NC(C)(C)C2)cc1. The van der Waals surface area contributed by atoms with Gasteiger partial charge in [0, 0.05) is 23.9 Å². The van der Waals surface area contributed by atoms with E-state index in [0.29, 0.717) is 5.56 Å². The summed E-state index contributed by atoms with van der Waals surface area (Å²) in [6.07, 6.45) is 6.31. The second-order valence-corrected chi connectivity index (χ2v) is 8.76. The fourth-order valence-corrected chi connectivity index (χ4v) is 3.94. The number of benzene rings is 1. The van der Waals surface area contributed by atoms with Gasteiger partial charge in [0.05, 0.1) is 12.2 Å². The molecule has 0 aliphatic carbocycles. The molecule has 2 rings (SSSR count). The summed E-state index contributed by atoms with van der Waals surface area (Å²) in [5.41, 5.74) is 0.502. The highest BCUT2D eigenvalue weighted by Gasteiger charge is 2.39. The Balaban J connectivity index is 1.85. The van der Waals surface area contributed by atoms with Gasteiger partial charge in [-0.25, -0.2) is 4.79 Å². The maximum atomic E-state index is 12.5. The molecule has 146 valence electrons. The topological polar surface area (TPSA) is 47.6 Å². The Labute approximate surface area is 158 Å². The van der Waals surface area contributed by atoms with Gasteiger partial charge >= 0.3 is 5.97 Å². The predicted octanol–water partition coefficient (Wildman–Crippen LogP) is 5.11. The molecule has 0 spiro atoms. The molecule has 0 bridgehead atoms. The standard InChI is InChI=1S/C22H35NO3/c1-6-7-8-9-14-25-18-12-10-17(11-13-18)20(24)26-19-15-21(2,3)23-22(4,5)16-19/h10-13,19,23H,6-9,14-16H2,1-5H3. The monoisotopic (exact) mass is 361 g/mol. The van der Waals surface area contributed by atoms with Crippen LogP contribution in [0.25, 0.3) is 0 Å². The summed E-state index contributed by atoms with van der Waals surface area (Å²) < 4.78 is 11.5. The van der Waals surface area contributed by atoms with Gasteiger partial charge in [-0.05, 0) is 58.4 Å². The smallest absolute Gasteiger partial charge is 0.338 e. The van der Waals surface area contributed by atoms with E-state index in [4.69, 9.17) is 9.47 Å². The molecule has 1 saturated heterocycles. The van der Waals surface area contributed by atoms with Crippen LogP contribution in [0.3, 0.4) is 0 Å². The quantitative estimate of drug-likeness (QED) is 0.516. The van der Waals surface area contributed by atoms with Crippen LogP contribution in [0.2, 0.25) is 0 Å². The van der Waals surface area contributed by atoms with Gasteiger partial charge in [-0.2, -0.15) is 0 Å². The lowest BCUT2D eigenvalue weighted by molar-refractivity contribution is -0.00637. The zero-order chi connectivity index (χ0) is 19.2. The van der Waals surface area contributed by atoms with Crippen LogP contribution in [0, 0.1) is 0 Å². The Hall–Kier alpha value is -1.55. The Morgan fingerprint density at radius 3 is 2.23 bits per heavy atom. The number of ether oxygens (including phenoxy) is 2. The van der Waals surface area contributed by atoms with Crippen molar-refractivity contribution in [3.63, 3.8) is 0 Å². The van der Waals surface area contributed by atoms with Crippen LogP contribution >= 0.6 is 0 Å². The summed E-state index contributed by atoms with van der Waals surface area (Å²) in [6.45, 7) is 11.5. The van der Waals surface area contributed by atoms with E-state index in [-0.39, 0.29) is 23.2 Å². The molecular formula is C22H35NO3. The third-order valence-corrected chi connectivity index (χ3v) is 4.78. The Morgan fingerprint density at radius 1 is 1.04 bits per heavy atom. The molecule has 4 heteroatoms. The lowest BCUT2D eigenvalue weighted by atomic mass is 9.81. The van der Waals surface area contributed by atoms with Crippen molar-refractivity contribution in [2.45, 2.75) is 90.3 Å². The summed E-state index contributed by atoms with van der Waals surface area (Å²) in [5, 5.41) is 3.61. The van der Waals surface area contributed by atoms with Crippen molar-refractivity contribution in [1.29, 1.82) is 0 Å². The van der Waals surface area contributed by atoms with Crippen LogP contribution in [0.4, 0.5) is 0 Å². The minimum atomic E-state index is -0.252. The molecule has 4 nitrogen and oxygen atoms in total. The number of hydrogen-bond acceptors (Lipinski definition) is 4. The Kier molecular flexibility index (Phi) is 7.10. The van der Waals surface area contributed by atoms with E-state index >= 15 is 0 Å². The highest BCUT2D eigenvalue weighted by molar-refractivity contribution is 5.89. The van der Waals surface area contributed by atoms with E-state index in [2.05, 4.69) is 39.9 Å². The van der Waals surface area contributed by atoms with Crippen molar-refractivity contribution in [3.8, 4) is 5.75 Å². The zero-order valence-corrected chi connectivity index (χ0v) is 17.1. The second-order valence-electron chi connectivity index (χ2n) is 8.76. The van der Waals surface area contributed by atoms with Gasteiger partial charge in [0.15, 0.2) is 0 Å². The molecule has 1 aromatic carbocycles. The van der Waals surface area contributed by atoms with E-state index in [1.807, 2.05) is 12.1 Å². The lowest BCUT2D eigenvalue weighted by Crippen LogP contribution is -2.59. The average Bonchev–Trinajstić information content (AvgIpc) is 2.52. The number of piperidine rings is 1. The van der Waals surface area contributed by atoms with E-state index < -0.39 is 0 Å². The third kappa shape index (κ3) is 6.64. The van der Waals surface area contributed by atoms with Gasteiger partial charge in [-0.3, -0.25) is 0 Å². The molecule has 0 radical (unpaired) electrons. The Morgan fingerprint density at radius 2 is 1.65 bits per heavy atom. The molecule has 1 fully saturated rings. The maximum absolute atomic E-state index is 12.5. The first kappa shape index (κ1) is 20.8. The van der Waals surface area contributed by atoms with Gasteiger partial charge in [-0.15, -0.1) is 0 Å². The normalized spacial score (nSPS) is 19.1. The van der Waals surface area contributed by atoms with Gasteiger partial charge in [0.25, 0.3) is 0 Å². The molecule has 0 amide bonds. The van der Waals surface area contributed by atoms with Crippen molar-refractivity contribution < 1.29 is 14.3 Å². The summed E-state index contributed by atoms with van der Waals surface area (Å²) >= 11 is 0. The molecule has 0 atom stereocenters. The summed E-state index contributed by atoms with van der Waals surface area (Å²) in [5.74, 6) is 0.556. The molecule has 1 aromatic rings. The van der Waals surface area contributed by atoms with E-state index in [1.165, 1.54) is 19.3 Å². The molecule has 0 saturated carbocycles. The van der Waals surface area contributed by atoms with Crippen LogP contribution in [-0.2, 0) is 4.74 Å². The van der Waals surface area contributed by atoms with E-state index in [0.717, 1.165) is 31.6 Å². The van der Waals surface area contributed by atoms with Crippen LogP contribution in [0.15, 0.2) is 24.3 Å². The van der Waals surface area contributed by atoms with Gasteiger partial charge < -0.3 is 14.8 Å². The van der Waals surface area contributed by atoms with Crippen molar-refractivity contribution in [2.75, 3.05) is 6.61 Å². The molecule has 1 aliphatic rings. The number of nitrogens with one attached hydrogen (secondary N) is 1. The van der Waals surface area contributed by atoms with Crippen LogP contribution < -0.4 is 10.1 Å². The fraction of sp³-hybridized carbons (Fsp3) is 0.682. The summed E-state index contributed by atoms with van der Waals surface area (Å²) in [6, 6.07) is 7.29. The summed E-state index contributed by atoms with van der Waals surface area (Å²) in [7, 11) is 0. The molecular weight excluding hydrogens is 326 g/mol. The third-order valence-electron chi connectivity index (χ3n) is 4.78. The minimum Gasteiger partial charge on any atom is -0.494 e. The summed E-state index contributed by atoms with van der Waals surface area (Å²) in [4.78, 5) is 12.5. The van der Waals surface area contributed by atoms with Gasteiger partial charge in [-0.1, -0.05) is 26.2 Å². The number of esters is 1. The van der Waals surface area contributed by atoms with Crippen molar-refractivity contribution >= 4 is 5.97 Å². The highest BCUT2D eigenvalue weighted by atomic mass is 16.5. The van der Waals surface area contributed by atoms with E-state index in [1.54, 1.807) is 12.1 Å². The van der Waals surface area contributed by atoms with Gasteiger partial charge in [0.1, 0.15) is 11.9 Å². The number of carbonyl (C=O) groups is 1. The first-order chi connectivity index (χ1) is 12.2. The molecule has 1 heterocycles. The van der Waals surface area contributed by atoms with Crippen LogP contribution in [0.1, 0.15) is 83.5 Å². The van der Waals surface area contributed by atoms with E-state index in [9.17, 15) is 4.79 Å². The largest absolute Gasteiger partial charge is 0.494 e. The molecule has 0 aromatic heterocycles. The molecule has 1 N–H and O–H groups in total. The first-order valence-corrected chi connectivity index (χ1v) is 9.94. The predicted molar refractivity (Wildman–Crippen MR) is 106 cm³/mol. The van der Waals surface area contributed by atoms with Crippen LogP contribution in [-0.4, -0.2) is 29.8 Å². The molecule has 1 aliphatic heterocycles. The second kappa shape index (κ2) is 8.90. The number of rotatable bonds is 8. The van der Waals surface area contributed by atoms with Crippen molar-refractivity contribution in [3.05, 3.63) is 29.8 Å². The van der Waals surface area contributed by atoms with Crippen molar-refractivity contribution in [1.82, 2.24) is 5.32 Å². The van der Waals surface area contributed by atoms with Gasteiger partial charge in [0.2, 0.25) is 0 Å². The first-order valence-electron chi connectivity index (χ1n) is 9.94. The average molecular weight is 362 g/mol. The fourth-order valence-electron chi connectivity index (χ4n) is 3.94. The number of unbranched alkanes of at least 4 members (excludes halogenated alkanes) is 3. The van der Waals surface area contributed by atoms with Crippen LogP contribution in [0.5, 0.6) is 5.75 Å². The van der Waals surface area contributed by atoms with Crippen molar-refractivity contribution in [2.24, 2.45) is 0 Å². The molecule has 26 heavy (non-hydrogen) atoms. The Bertz CT molecular complexity index is 562. The molecule has 0 unspecified atom stereocenters. The maximum Gasteiger partial charge on any atom is 0.338 e. The number of carbonyl (C=O) groups excluding carboxylic acids is 1.